The van der Waals surface area contributed by atoms with E-state index in [-0.39, 0.29) is 0 Å². The third-order valence-electron chi connectivity index (χ3n) is 1.94. The molecular weight excluding hydrogens is 212 g/mol. The van der Waals surface area contributed by atoms with Gasteiger partial charge in [-0.2, -0.15) is 4.68 Å². The van der Waals surface area contributed by atoms with Gasteiger partial charge in [0, 0.05) is 11.2 Å². The molecular formula is C9H10N4OS. The van der Waals surface area contributed by atoms with Gasteiger partial charge in [-0.15, -0.1) is 0 Å². The van der Waals surface area contributed by atoms with E-state index in [1.807, 2.05) is 31.2 Å². The zero-order valence-corrected chi connectivity index (χ0v) is 9.23. The van der Waals surface area contributed by atoms with Crippen molar-refractivity contribution < 1.29 is 4.55 Å². The standard InChI is InChI=1S/C9H10N4OS/c1-7-4-3-5-8(6-7)13-9(15(2)14)10-11-12-13/h3-6H,1-2H3. The van der Waals surface area contributed by atoms with Crippen molar-refractivity contribution in [3.05, 3.63) is 29.8 Å². The molecule has 2 rings (SSSR count). The molecule has 1 atom stereocenters. The molecule has 1 heterocycles. The number of hydrogen-bond donors (Lipinski definition) is 0. The van der Waals surface area contributed by atoms with Gasteiger partial charge in [-0.05, 0) is 35.0 Å². The van der Waals surface area contributed by atoms with Crippen molar-refractivity contribution in [1.29, 1.82) is 0 Å². The Morgan fingerprint density at radius 2 is 2.20 bits per heavy atom. The molecule has 15 heavy (non-hydrogen) atoms. The van der Waals surface area contributed by atoms with Crippen LogP contribution in [0.3, 0.4) is 0 Å². The number of hydrogen-bond acceptors (Lipinski definition) is 4. The summed E-state index contributed by atoms with van der Waals surface area (Å²) in [7, 11) is 0. The monoisotopic (exact) mass is 222 g/mol. The zero-order valence-electron chi connectivity index (χ0n) is 8.41. The van der Waals surface area contributed by atoms with Crippen molar-refractivity contribution in [1.82, 2.24) is 20.2 Å². The molecule has 1 aromatic carbocycles. The van der Waals surface area contributed by atoms with Gasteiger partial charge in [-0.1, -0.05) is 17.2 Å². The second-order valence-corrected chi connectivity index (χ2v) is 4.44. The molecule has 0 spiro atoms. The molecule has 0 saturated carbocycles. The van der Waals surface area contributed by atoms with Crippen LogP contribution in [0, 0.1) is 6.92 Å². The molecule has 0 fully saturated rings. The molecule has 0 saturated heterocycles. The highest BCUT2D eigenvalue weighted by molar-refractivity contribution is 7.90. The maximum atomic E-state index is 11.3. The van der Waals surface area contributed by atoms with Crippen molar-refractivity contribution in [2.24, 2.45) is 0 Å². The van der Waals surface area contributed by atoms with Gasteiger partial charge in [0.1, 0.15) is 6.26 Å². The summed E-state index contributed by atoms with van der Waals surface area (Å²) in [5.74, 6) is 0. The van der Waals surface area contributed by atoms with E-state index in [1.54, 1.807) is 6.26 Å². The van der Waals surface area contributed by atoms with Gasteiger partial charge in [0.05, 0.1) is 5.69 Å². The topological polar surface area (TPSA) is 66.7 Å². The highest BCUT2D eigenvalue weighted by Gasteiger charge is 2.16. The zero-order chi connectivity index (χ0) is 10.8. The summed E-state index contributed by atoms with van der Waals surface area (Å²) in [5.41, 5.74) is 1.93. The van der Waals surface area contributed by atoms with E-state index in [9.17, 15) is 4.55 Å². The fraction of sp³-hybridized carbons (Fsp3) is 0.222. The Morgan fingerprint density at radius 3 is 2.87 bits per heavy atom. The summed E-state index contributed by atoms with van der Waals surface area (Å²) >= 11 is -1.19. The molecule has 6 heteroatoms. The number of aryl methyl sites for hydroxylation is 1. The lowest BCUT2D eigenvalue weighted by Gasteiger charge is -2.04. The van der Waals surface area contributed by atoms with Crippen LogP contribution in [0.5, 0.6) is 0 Å². The Labute approximate surface area is 90.3 Å². The lowest BCUT2D eigenvalue weighted by molar-refractivity contribution is 0.585. The Balaban J connectivity index is 2.49. The minimum Gasteiger partial charge on any atom is -0.609 e. The summed E-state index contributed by atoms with van der Waals surface area (Å²) in [5, 5.41) is 11.4. The first-order valence-electron chi connectivity index (χ1n) is 4.37. The van der Waals surface area contributed by atoms with E-state index < -0.39 is 11.2 Å². The molecule has 0 aliphatic carbocycles. The van der Waals surface area contributed by atoms with Crippen molar-refractivity contribution in [3.8, 4) is 5.69 Å². The van der Waals surface area contributed by atoms with Gasteiger partial charge in [-0.25, -0.2) is 0 Å². The van der Waals surface area contributed by atoms with Crippen molar-refractivity contribution in [3.63, 3.8) is 0 Å². The van der Waals surface area contributed by atoms with Crippen LogP contribution in [0.15, 0.2) is 29.4 Å². The molecule has 78 valence electrons. The summed E-state index contributed by atoms with van der Waals surface area (Å²) in [6, 6.07) is 7.71. The van der Waals surface area contributed by atoms with Crippen molar-refractivity contribution >= 4 is 11.2 Å². The van der Waals surface area contributed by atoms with Gasteiger partial charge >= 0.3 is 5.16 Å². The number of nitrogens with zero attached hydrogens (tertiary/aromatic N) is 4. The van der Waals surface area contributed by atoms with Crippen LogP contribution < -0.4 is 0 Å². The van der Waals surface area contributed by atoms with E-state index in [4.69, 9.17) is 0 Å². The second-order valence-electron chi connectivity index (χ2n) is 3.17. The lowest BCUT2D eigenvalue weighted by atomic mass is 10.2. The molecule has 2 aromatic rings. The van der Waals surface area contributed by atoms with Crippen LogP contribution in [0.2, 0.25) is 0 Å². The SMILES string of the molecule is Cc1cccc(-n2nnnc2[S+](C)[O-])c1. The molecule has 1 unspecified atom stereocenters. The van der Waals surface area contributed by atoms with Crippen LogP contribution in [0.4, 0.5) is 0 Å². The maximum Gasteiger partial charge on any atom is 0.365 e. The highest BCUT2D eigenvalue weighted by Crippen LogP contribution is 2.12. The molecule has 0 amide bonds. The first kappa shape index (κ1) is 10.1. The van der Waals surface area contributed by atoms with Gasteiger partial charge in [0.15, 0.2) is 0 Å². The third-order valence-corrected chi connectivity index (χ3v) is 2.71. The normalized spacial score (nSPS) is 12.7. The minimum atomic E-state index is -1.19. The molecule has 0 aliphatic heterocycles. The van der Waals surface area contributed by atoms with Gasteiger partial charge < -0.3 is 4.55 Å². The molecule has 0 N–H and O–H groups in total. The fourth-order valence-electron chi connectivity index (χ4n) is 1.28. The molecule has 0 aliphatic rings. The van der Waals surface area contributed by atoms with Crippen LogP contribution in [0.1, 0.15) is 5.56 Å². The van der Waals surface area contributed by atoms with Gasteiger partial charge in [0.25, 0.3) is 0 Å². The molecule has 0 radical (unpaired) electrons. The molecule has 5 nitrogen and oxygen atoms in total. The predicted molar refractivity (Wildman–Crippen MR) is 56.2 cm³/mol. The van der Waals surface area contributed by atoms with E-state index in [0.29, 0.717) is 5.16 Å². The first-order valence-corrected chi connectivity index (χ1v) is 5.93. The van der Waals surface area contributed by atoms with Crippen LogP contribution in [-0.4, -0.2) is 31.0 Å². The Morgan fingerprint density at radius 1 is 1.40 bits per heavy atom. The number of rotatable bonds is 2. The highest BCUT2D eigenvalue weighted by atomic mass is 32.2. The largest absolute Gasteiger partial charge is 0.609 e. The van der Waals surface area contributed by atoms with Crippen LogP contribution >= 0.6 is 0 Å². The molecule has 0 bridgehead atoms. The Hall–Kier alpha value is -1.40. The quantitative estimate of drug-likeness (QED) is 0.702. The van der Waals surface area contributed by atoms with Gasteiger partial charge in [-0.3, -0.25) is 0 Å². The Kier molecular flexibility index (Phi) is 2.70. The van der Waals surface area contributed by atoms with Crippen LogP contribution in [0.25, 0.3) is 5.69 Å². The number of benzene rings is 1. The van der Waals surface area contributed by atoms with Gasteiger partial charge in [0.2, 0.25) is 0 Å². The van der Waals surface area contributed by atoms with Crippen LogP contribution in [-0.2, 0) is 11.2 Å². The second kappa shape index (κ2) is 4.00. The van der Waals surface area contributed by atoms with E-state index >= 15 is 0 Å². The summed E-state index contributed by atoms with van der Waals surface area (Å²) in [6.07, 6.45) is 1.55. The predicted octanol–water partition coefficient (Wildman–Crippen LogP) is 0.708. The average Bonchev–Trinajstić information content (AvgIpc) is 2.65. The number of tetrazole rings is 1. The van der Waals surface area contributed by atoms with E-state index in [1.165, 1.54) is 4.68 Å². The Bertz CT molecular complexity index is 469. The smallest absolute Gasteiger partial charge is 0.365 e. The average molecular weight is 222 g/mol. The first-order chi connectivity index (χ1) is 7.18. The maximum absolute atomic E-state index is 11.3. The summed E-state index contributed by atoms with van der Waals surface area (Å²) < 4.78 is 12.8. The van der Waals surface area contributed by atoms with Crippen molar-refractivity contribution in [2.45, 2.75) is 12.1 Å². The lowest BCUT2D eigenvalue weighted by Crippen LogP contribution is -2.09. The summed E-state index contributed by atoms with van der Waals surface area (Å²) in [6.45, 7) is 1.98. The fourth-order valence-corrected chi connectivity index (χ4v) is 1.82. The van der Waals surface area contributed by atoms with E-state index in [2.05, 4.69) is 15.5 Å². The third kappa shape index (κ3) is 2.00. The minimum absolute atomic E-state index is 0.362. The van der Waals surface area contributed by atoms with Crippen molar-refractivity contribution in [2.75, 3.05) is 6.26 Å². The van der Waals surface area contributed by atoms with E-state index in [0.717, 1.165) is 11.3 Å². The summed E-state index contributed by atoms with van der Waals surface area (Å²) in [4.78, 5) is 0. The number of aromatic nitrogens is 4. The molecule has 1 aromatic heterocycles.